The lowest BCUT2D eigenvalue weighted by Gasteiger charge is -2.43. The van der Waals surface area contributed by atoms with Gasteiger partial charge < -0.3 is 19.1 Å². The van der Waals surface area contributed by atoms with E-state index in [4.69, 9.17) is 4.74 Å². The average molecular weight is 492 g/mol. The fourth-order valence-corrected chi connectivity index (χ4v) is 5.72. The molecule has 3 aromatic rings. The molecule has 1 aromatic heterocycles. The Hall–Kier alpha value is -3.35. The van der Waals surface area contributed by atoms with E-state index in [1.807, 2.05) is 51.9 Å². The first kappa shape index (κ1) is 24.3. The number of carbonyl (C=O) groups is 2. The van der Waals surface area contributed by atoms with Crippen LogP contribution in [0.2, 0.25) is 0 Å². The number of aromatic nitrogens is 1. The zero-order chi connectivity index (χ0) is 25.1. The number of carbonyl (C=O) groups excluding carboxylic acids is 2. The van der Waals surface area contributed by atoms with Gasteiger partial charge in [-0.25, -0.2) is 4.39 Å². The maximum absolute atomic E-state index is 13.7. The highest BCUT2D eigenvalue weighted by Gasteiger charge is 2.41. The smallest absolute Gasteiger partial charge is 0.256 e. The van der Waals surface area contributed by atoms with Gasteiger partial charge >= 0.3 is 0 Å². The molecule has 2 aliphatic rings. The summed E-state index contributed by atoms with van der Waals surface area (Å²) in [6, 6.07) is 13.9. The molecule has 0 saturated carbocycles. The van der Waals surface area contributed by atoms with Crippen LogP contribution in [-0.4, -0.2) is 59.0 Å². The lowest BCUT2D eigenvalue weighted by atomic mass is 9.77. The molecule has 2 amide bonds. The third kappa shape index (κ3) is 5.11. The van der Waals surface area contributed by atoms with E-state index in [2.05, 4.69) is 0 Å². The third-order valence-electron chi connectivity index (χ3n) is 7.67. The van der Waals surface area contributed by atoms with Crippen molar-refractivity contribution >= 4 is 22.7 Å². The van der Waals surface area contributed by atoms with Crippen LogP contribution < -0.4 is 4.74 Å². The Morgan fingerprint density at radius 1 is 0.944 bits per heavy atom. The van der Waals surface area contributed by atoms with Crippen molar-refractivity contribution < 1.29 is 18.7 Å². The summed E-state index contributed by atoms with van der Waals surface area (Å²) in [5.74, 6) is 0.375. The number of benzene rings is 2. The van der Waals surface area contributed by atoms with Crippen molar-refractivity contribution in [1.29, 1.82) is 0 Å². The van der Waals surface area contributed by atoms with Gasteiger partial charge in [-0.15, -0.1) is 0 Å². The van der Waals surface area contributed by atoms with Gasteiger partial charge in [0.05, 0.1) is 12.2 Å². The Kier molecular flexibility index (Phi) is 6.99. The Balaban J connectivity index is 1.39. The van der Waals surface area contributed by atoms with E-state index in [-0.39, 0.29) is 17.6 Å². The Morgan fingerprint density at radius 2 is 1.67 bits per heavy atom. The molecule has 0 radical (unpaired) electrons. The summed E-state index contributed by atoms with van der Waals surface area (Å²) in [5.41, 5.74) is 1.20. The standard InChI is InChI=1S/C29H34FN3O3/c1-31-19-25(24-8-3-4-9-26(24)31)28(35)33-17-7-14-29(20-33,18-27(34)32-15-5-2-6-16-32)21-36-23-12-10-22(30)11-13-23/h3-4,8-13,19H,2,5-7,14-18,20-21H2,1H3/t29-/m0/s1. The van der Waals surface area contributed by atoms with E-state index in [9.17, 15) is 14.0 Å². The van der Waals surface area contributed by atoms with Crippen LogP contribution in [0.1, 0.15) is 48.9 Å². The average Bonchev–Trinajstić information content (AvgIpc) is 3.25. The van der Waals surface area contributed by atoms with Crippen molar-refractivity contribution in [2.24, 2.45) is 12.5 Å². The van der Waals surface area contributed by atoms with Crippen molar-refractivity contribution in [1.82, 2.24) is 14.4 Å². The molecule has 5 rings (SSSR count). The molecule has 0 aliphatic carbocycles. The van der Waals surface area contributed by atoms with Gasteiger partial charge in [-0.1, -0.05) is 18.2 Å². The fraction of sp³-hybridized carbons (Fsp3) is 0.448. The van der Waals surface area contributed by atoms with Crippen molar-refractivity contribution in [2.45, 2.75) is 38.5 Å². The van der Waals surface area contributed by atoms with E-state index < -0.39 is 5.41 Å². The molecule has 0 unspecified atom stereocenters. The molecule has 190 valence electrons. The molecular weight excluding hydrogens is 457 g/mol. The largest absolute Gasteiger partial charge is 0.493 e. The number of hydrogen-bond donors (Lipinski definition) is 0. The Labute approximate surface area is 211 Å². The molecule has 1 atom stereocenters. The second-order valence-electron chi connectivity index (χ2n) is 10.4. The molecule has 2 aliphatic heterocycles. The maximum atomic E-state index is 13.7. The van der Waals surface area contributed by atoms with Crippen molar-refractivity contribution in [3.8, 4) is 5.75 Å². The van der Waals surface area contributed by atoms with Gasteiger partial charge in [0, 0.05) is 62.2 Å². The van der Waals surface area contributed by atoms with Crippen LogP contribution in [0.25, 0.3) is 10.9 Å². The minimum absolute atomic E-state index is 0.0110. The van der Waals surface area contributed by atoms with E-state index in [1.165, 1.54) is 12.1 Å². The van der Waals surface area contributed by atoms with Crippen LogP contribution in [0, 0.1) is 11.2 Å². The summed E-state index contributed by atoms with van der Waals surface area (Å²) < 4.78 is 21.5. The van der Waals surface area contributed by atoms with Crippen LogP contribution in [0.5, 0.6) is 5.75 Å². The highest BCUT2D eigenvalue weighted by atomic mass is 19.1. The first-order valence-corrected chi connectivity index (χ1v) is 12.9. The van der Waals surface area contributed by atoms with Crippen LogP contribution in [0.4, 0.5) is 4.39 Å². The van der Waals surface area contributed by atoms with Crippen LogP contribution in [-0.2, 0) is 11.8 Å². The number of amides is 2. The summed E-state index contributed by atoms with van der Waals surface area (Å²) in [6.45, 7) is 3.00. The molecule has 2 fully saturated rings. The lowest BCUT2D eigenvalue weighted by Crippen LogP contribution is -2.51. The number of likely N-dealkylation sites (tertiary alicyclic amines) is 2. The second-order valence-corrected chi connectivity index (χ2v) is 10.4. The summed E-state index contributed by atoms with van der Waals surface area (Å²) >= 11 is 0. The lowest BCUT2D eigenvalue weighted by molar-refractivity contribution is -0.136. The zero-order valence-corrected chi connectivity index (χ0v) is 20.9. The molecular formula is C29H34FN3O3. The van der Waals surface area contributed by atoms with E-state index in [0.717, 1.165) is 56.1 Å². The molecule has 7 heteroatoms. The number of nitrogens with zero attached hydrogens (tertiary/aromatic N) is 3. The fourth-order valence-electron chi connectivity index (χ4n) is 5.72. The number of piperidine rings is 2. The number of para-hydroxylation sites is 1. The minimum Gasteiger partial charge on any atom is -0.493 e. The molecule has 6 nitrogen and oxygen atoms in total. The monoisotopic (exact) mass is 491 g/mol. The molecule has 0 N–H and O–H groups in total. The first-order valence-electron chi connectivity index (χ1n) is 12.9. The normalized spacial score (nSPS) is 20.5. The van der Waals surface area contributed by atoms with E-state index >= 15 is 0 Å². The van der Waals surface area contributed by atoms with Gasteiger partial charge in [-0.2, -0.15) is 0 Å². The predicted octanol–water partition coefficient (Wildman–Crippen LogP) is 5.02. The number of aryl methyl sites for hydroxylation is 1. The molecule has 3 heterocycles. The van der Waals surface area contributed by atoms with Gasteiger partial charge in [0.1, 0.15) is 11.6 Å². The summed E-state index contributed by atoms with van der Waals surface area (Å²) in [7, 11) is 1.95. The van der Waals surface area contributed by atoms with Crippen molar-refractivity contribution in [3.63, 3.8) is 0 Å². The zero-order valence-electron chi connectivity index (χ0n) is 20.9. The predicted molar refractivity (Wildman–Crippen MR) is 137 cm³/mol. The van der Waals surface area contributed by atoms with Crippen molar-refractivity contribution in [3.05, 3.63) is 66.1 Å². The highest BCUT2D eigenvalue weighted by Crippen LogP contribution is 2.37. The number of fused-ring (bicyclic) bond motifs is 1. The number of rotatable bonds is 6. The summed E-state index contributed by atoms with van der Waals surface area (Å²) in [6.07, 6.45) is 7.08. The minimum atomic E-state index is -0.499. The van der Waals surface area contributed by atoms with Crippen LogP contribution >= 0.6 is 0 Å². The second kappa shape index (κ2) is 10.3. The SMILES string of the molecule is Cn1cc(C(=O)N2CCC[C@](COc3ccc(F)cc3)(CC(=O)N3CCCCC3)C2)c2ccccc21. The third-order valence-corrected chi connectivity index (χ3v) is 7.67. The maximum Gasteiger partial charge on any atom is 0.256 e. The Morgan fingerprint density at radius 3 is 2.44 bits per heavy atom. The number of halogens is 1. The number of hydrogen-bond acceptors (Lipinski definition) is 3. The summed E-state index contributed by atoms with van der Waals surface area (Å²) in [5, 5.41) is 0.938. The van der Waals surface area contributed by atoms with E-state index in [1.54, 1.807) is 12.1 Å². The first-order chi connectivity index (χ1) is 17.4. The molecule has 0 spiro atoms. The topological polar surface area (TPSA) is 54.8 Å². The van der Waals surface area contributed by atoms with Gasteiger partial charge in [0.15, 0.2) is 0 Å². The van der Waals surface area contributed by atoms with E-state index in [0.29, 0.717) is 37.4 Å². The quantitative estimate of drug-likeness (QED) is 0.487. The molecule has 2 aromatic carbocycles. The van der Waals surface area contributed by atoms with Gasteiger partial charge in [0.2, 0.25) is 5.91 Å². The molecule has 0 bridgehead atoms. The van der Waals surface area contributed by atoms with Gasteiger partial charge in [0.25, 0.3) is 5.91 Å². The molecule has 36 heavy (non-hydrogen) atoms. The van der Waals surface area contributed by atoms with Gasteiger partial charge in [-0.05, 0) is 62.4 Å². The van der Waals surface area contributed by atoms with Crippen molar-refractivity contribution in [2.75, 3.05) is 32.8 Å². The van der Waals surface area contributed by atoms with Crippen LogP contribution in [0.15, 0.2) is 54.7 Å². The summed E-state index contributed by atoms with van der Waals surface area (Å²) in [4.78, 5) is 31.0. The molecule has 2 saturated heterocycles. The highest BCUT2D eigenvalue weighted by molar-refractivity contribution is 6.07. The Bertz CT molecular complexity index is 1230. The number of ether oxygens (including phenoxy) is 1. The van der Waals surface area contributed by atoms with Gasteiger partial charge in [-0.3, -0.25) is 9.59 Å². The van der Waals surface area contributed by atoms with Crippen LogP contribution in [0.3, 0.4) is 0 Å².